The van der Waals surface area contributed by atoms with Gasteiger partial charge < -0.3 is 4.74 Å². The molecule has 1 rings (SSSR count). The Hall–Kier alpha value is -0.860. The molecule has 0 aromatic heterocycles. The summed E-state index contributed by atoms with van der Waals surface area (Å²) >= 11 is 0. The van der Waals surface area contributed by atoms with Gasteiger partial charge >= 0.3 is 5.97 Å². The second-order valence-electron chi connectivity index (χ2n) is 3.92. The molecule has 0 spiro atoms. The molecule has 0 bridgehead atoms. The van der Waals surface area contributed by atoms with Crippen LogP contribution < -0.4 is 0 Å². The van der Waals surface area contributed by atoms with Crippen molar-refractivity contribution in [3.63, 3.8) is 0 Å². The molecule has 1 atom stereocenters. The Morgan fingerprint density at radius 3 is 2.15 bits per heavy atom. The topological polar surface area (TPSA) is 43.4 Å². The minimum absolute atomic E-state index is 0.0422. The Kier molecular flexibility index (Phi) is 3.07. The standard InChI is InChI=1S/C10H16O3/c1-6(2)8(10(12)13-3)9(11)7-4-5-7/h6-8H,4-5H2,1-3H3. The number of Topliss-reactive ketones (excluding diaryl/α,β-unsaturated/α-hetero) is 1. The van der Waals surface area contributed by atoms with E-state index in [1.54, 1.807) is 0 Å². The summed E-state index contributed by atoms with van der Waals surface area (Å²) in [7, 11) is 1.33. The summed E-state index contributed by atoms with van der Waals surface area (Å²) in [4.78, 5) is 22.9. The van der Waals surface area contributed by atoms with Crippen LogP contribution in [0.5, 0.6) is 0 Å². The second kappa shape index (κ2) is 3.90. The van der Waals surface area contributed by atoms with E-state index in [0.717, 1.165) is 12.8 Å². The maximum atomic E-state index is 11.6. The van der Waals surface area contributed by atoms with Crippen molar-refractivity contribution < 1.29 is 14.3 Å². The van der Waals surface area contributed by atoms with E-state index in [-0.39, 0.29) is 23.6 Å². The maximum Gasteiger partial charge on any atom is 0.316 e. The van der Waals surface area contributed by atoms with Gasteiger partial charge in [-0.3, -0.25) is 9.59 Å². The minimum Gasteiger partial charge on any atom is -0.468 e. The largest absolute Gasteiger partial charge is 0.468 e. The maximum absolute atomic E-state index is 11.6. The van der Waals surface area contributed by atoms with Gasteiger partial charge in [0.2, 0.25) is 0 Å². The number of hydrogen-bond donors (Lipinski definition) is 0. The lowest BCUT2D eigenvalue weighted by Crippen LogP contribution is -2.31. The molecule has 1 aliphatic carbocycles. The molecule has 0 aromatic carbocycles. The molecule has 1 saturated carbocycles. The summed E-state index contributed by atoms with van der Waals surface area (Å²) in [6.45, 7) is 3.75. The Morgan fingerprint density at radius 2 is 1.85 bits per heavy atom. The highest BCUT2D eigenvalue weighted by molar-refractivity contribution is 6.01. The first-order valence-corrected chi connectivity index (χ1v) is 4.69. The van der Waals surface area contributed by atoms with Crippen molar-refractivity contribution in [1.29, 1.82) is 0 Å². The SMILES string of the molecule is COC(=O)C(C(=O)C1CC1)C(C)C. The fourth-order valence-corrected chi connectivity index (χ4v) is 1.47. The number of rotatable bonds is 4. The zero-order valence-corrected chi connectivity index (χ0v) is 8.37. The van der Waals surface area contributed by atoms with Gasteiger partial charge in [0.15, 0.2) is 0 Å². The molecule has 0 radical (unpaired) electrons. The van der Waals surface area contributed by atoms with Gasteiger partial charge in [-0.05, 0) is 18.8 Å². The van der Waals surface area contributed by atoms with Crippen LogP contribution in [0.25, 0.3) is 0 Å². The van der Waals surface area contributed by atoms with Crippen LogP contribution in [0.1, 0.15) is 26.7 Å². The number of hydrogen-bond acceptors (Lipinski definition) is 3. The number of methoxy groups -OCH3 is 1. The zero-order valence-electron chi connectivity index (χ0n) is 8.37. The van der Waals surface area contributed by atoms with Crippen molar-refractivity contribution >= 4 is 11.8 Å². The van der Waals surface area contributed by atoms with Crippen molar-refractivity contribution in [2.24, 2.45) is 17.8 Å². The molecule has 13 heavy (non-hydrogen) atoms. The highest BCUT2D eigenvalue weighted by Crippen LogP contribution is 2.34. The van der Waals surface area contributed by atoms with E-state index in [2.05, 4.69) is 4.74 Å². The Morgan fingerprint density at radius 1 is 1.31 bits per heavy atom. The molecule has 74 valence electrons. The van der Waals surface area contributed by atoms with Crippen LogP contribution in [0.2, 0.25) is 0 Å². The molecular formula is C10H16O3. The molecule has 0 amide bonds. The second-order valence-corrected chi connectivity index (χ2v) is 3.92. The van der Waals surface area contributed by atoms with Crippen LogP contribution in [0.15, 0.2) is 0 Å². The predicted octanol–water partition coefficient (Wildman–Crippen LogP) is 1.41. The van der Waals surface area contributed by atoms with E-state index in [1.807, 2.05) is 13.8 Å². The molecule has 0 saturated heterocycles. The van der Waals surface area contributed by atoms with Gasteiger partial charge in [-0.1, -0.05) is 13.8 Å². The lowest BCUT2D eigenvalue weighted by molar-refractivity contribution is -0.151. The third kappa shape index (κ3) is 2.29. The van der Waals surface area contributed by atoms with Crippen molar-refractivity contribution in [2.45, 2.75) is 26.7 Å². The quantitative estimate of drug-likeness (QED) is 0.490. The van der Waals surface area contributed by atoms with E-state index >= 15 is 0 Å². The molecule has 0 aliphatic heterocycles. The van der Waals surface area contributed by atoms with E-state index in [0.29, 0.717) is 0 Å². The molecule has 0 heterocycles. The molecule has 0 aromatic rings. The lowest BCUT2D eigenvalue weighted by atomic mass is 9.89. The summed E-state index contributed by atoms with van der Waals surface area (Å²) < 4.78 is 4.61. The molecule has 3 nitrogen and oxygen atoms in total. The van der Waals surface area contributed by atoms with Crippen LogP contribution >= 0.6 is 0 Å². The molecule has 3 heteroatoms. The summed E-state index contributed by atoms with van der Waals surface area (Å²) in [5.74, 6) is -0.682. The highest BCUT2D eigenvalue weighted by atomic mass is 16.5. The molecule has 1 aliphatic rings. The van der Waals surface area contributed by atoms with Crippen LogP contribution in [-0.4, -0.2) is 18.9 Å². The number of carbonyl (C=O) groups excluding carboxylic acids is 2. The normalized spacial score (nSPS) is 18.5. The first-order valence-electron chi connectivity index (χ1n) is 4.69. The van der Waals surface area contributed by atoms with Crippen LogP contribution in [0, 0.1) is 17.8 Å². The number of ketones is 1. The summed E-state index contributed by atoms with van der Waals surface area (Å²) in [5.41, 5.74) is 0. The third-order valence-electron chi connectivity index (χ3n) is 2.41. The highest BCUT2D eigenvalue weighted by Gasteiger charge is 2.40. The summed E-state index contributed by atoms with van der Waals surface area (Å²) in [5, 5.41) is 0. The van der Waals surface area contributed by atoms with Crippen molar-refractivity contribution in [2.75, 3.05) is 7.11 Å². The fraction of sp³-hybridized carbons (Fsp3) is 0.800. The van der Waals surface area contributed by atoms with Crippen LogP contribution in [-0.2, 0) is 14.3 Å². The van der Waals surface area contributed by atoms with E-state index < -0.39 is 5.92 Å². The smallest absolute Gasteiger partial charge is 0.316 e. The Balaban J connectivity index is 2.65. The van der Waals surface area contributed by atoms with E-state index in [4.69, 9.17) is 0 Å². The lowest BCUT2D eigenvalue weighted by Gasteiger charge is -2.16. The zero-order chi connectivity index (χ0) is 10.0. The summed E-state index contributed by atoms with van der Waals surface area (Å²) in [6, 6.07) is 0. The fourth-order valence-electron chi connectivity index (χ4n) is 1.47. The van der Waals surface area contributed by atoms with Gasteiger partial charge in [0.1, 0.15) is 11.7 Å². The van der Waals surface area contributed by atoms with Crippen molar-refractivity contribution in [1.82, 2.24) is 0 Å². The average Bonchev–Trinajstić information content (AvgIpc) is 2.85. The number of carbonyl (C=O) groups is 2. The van der Waals surface area contributed by atoms with Gasteiger partial charge in [-0.15, -0.1) is 0 Å². The van der Waals surface area contributed by atoms with Crippen molar-refractivity contribution in [3.05, 3.63) is 0 Å². The van der Waals surface area contributed by atoms with Gasteiger partial charge in [0, 0.05) is 5.92 Å². The first-order chi connectivity index (χ1) is 6.07. The molecule has 1 fully saturated rings. The van der Waals surface area contributed by atoms with Gasteiger partial charge in [-0.25, -0.2) is 0 Å². The molecule has 1 unspecified atom stereocenters. The Labute approximate surface area is 78.5 Å². The van der Waals surface area contributed by atoms with Crippen LogP contribution in [0.3, 0.4) is 0 Å². The molecular weight excluding hydrogens is 168 g/mol. The van der Waals surface area contributed by atoms with Gasteiger partial charge in [-0.2, -0.15) is 0 Å². The number of esters is 1. The Bertz CT molecular complexity index is 216. The molecule has 0 N–H and O–H groups in total. The van der Waals surface area contributed by atoms with Gasteiger partial charge in [0.25, 0.3) is 0 Å². The van der Waals surface area contributed by atoms with E-state index in [9.17, 15) is 9.59 Å². The van der Waals surface area contributed by atoms with Crippen molar-refractivity contribution in [3.8, 4) is 0 Å². The van der Waals surface area contributed by atoms with Gasteiger partial charge in [0.05, 0.1) is 7.11 Å². The minimum atomic E-state index is -0.544. The first kappa shape index (κ1) is 10.2. The monoisotopic (exact) mass is 184 g/mol. The predicted molar refractivity (Wildman–Crippen MR) is 48.1 cm³/mol. The summed E-state index contributed by atoms with van der Waals surface area (Å²) in [6.07, 6.45) is 1.89. The third-order valence-corrected chi connectivity index (χ3v) is 2.41. The van der Waals surface area contributed by atoms with Crippen LogP contribution in [0.4, 0.5) is 0 Å². The number of ether oxygens (including phenoxy) is 1. The van der Waals surface area contributed by atoms with E-state index in [1.165, 1.54) is 7.11 Å². The average molecular weight is 184 g/mol.